The van der Waals surface area contributed by atoms with Crippen molar-refractivity contribution in [3.05, 3.63) is 17.0 Å². The molecule has 0 aromatic carbocycles. The van der Waals surface area contributed by atoms with Crippen LogP contribution in [0.15, 0.2) is 0 Å². The molecule has 0 amide bonds. The van der Waals surface area contributed by atoms with Crippen LogP contribution in [0.2, 0.25) is 0 Å². The fraction of sp³-hybridized carbons (Fsp3) is 0.556. The van der Waals surface area contributed by atoms with Crippen molar-refractivity contribution in [2.24, 2.45) is 5.73 Å². The Hall–Kier alpha value is -1.36. The summed E-state index contributed by atoms with van der Waals surface area (Å²) in [5.41, 5.74) is 8.45. The van der Waals surface area contributed by atoms with Crippen LogP contribution in [0.25, 0.3) is 0 Å². The van der Waals surface area contributed by atoms with Gasteiger partial charge in [0, 0.05) is 12.1 Å². The van der Waals surface area contributed by atoms with Crippen LogP contribution in [-0.2, 0) is 16.0 Å². The number of aryl methyl sites for hydroxylation is 2. The quantitative estimate of drug-likeness (QED) is 0.672. The van der Waals surface area contributed by atoms with Gasteiger partial charge in [0.1, 0.15) is 6.04 Å². The molecule has 0 aliphatic carbocycles. The van der Waals surface area contributed by atoms with E-state index in [0.717, 1.165) is 17.0 Å². The number of carbonyl (C=O) groups is 1. The second kappa shape index (κ2) is 4.23. The second-order valence-corrected chi connectivity index (χ2v) is 3.25. The molecule has 5 heteroatoms. The largest absolute Gasteiger partial charge is 0.468 e. The average molecular weight is 197 g/mol. The third-order valence-electron chi connectivity index (χ3n) is 2.21. The second-order valence-electron chi connectivity index (χ2n) is 3.25. The number of methoxy groups -OCH3 is 1. The van der Waals surface area contributed by atoms with Gasteiger partial charge in [0.15, 0.2) is 0 Å². The van der Waals surface area contributed by atoms with E-state index in [2.05, 4.69) is 14.9 Å². The van der Waals surface area contributed by atoms with Gasteiger partial charge in [-0.25, -0.2) is 0 Å². The first-order valence-corrected chi connectivity index (χ1v) is 4.40. The van der Waals surface area contributed by atoms with Crippen LogP contribution >= 0.6 is 0 Å². The van der Waals surface area contributed by atoms with Crippen molar-refractivity contribution in [1.82, 2.24) is 10.2 Å². The number of carbonyl (C=O) groups excluding carboxylic acids is 1. The van der Waals surface area contributed by atoms with Gasteiger partial charge in [0.25, 0.3) is 0 Å². The van der Waals surface area contributed by atoms with Crippen molar-refractivity contribution in [1.29, 1.82) is 0 Å². The molecule has 0 bridgehead atoms. The molecule has 0 unspecified atom stereocenters. The predicted octanol–water partition coefficient (Wildman–Crippen LogP) is 0.0693. The van der Waals surface area contributed by atoms with E-state index in [9.17, 15) is 4.79 Å². The maximum Gasteiger partial charge on any atom is 0.322 e. The van der Waals surface area contributed by atoms with E-state index in [-0.39, 0.29) is 0 Å². The summed E-state index contributed by atoms with van der Waals surface area (Å²) in [6, 6.07) is -0.616. The number of ether oxygens (including phenoxy) is 1. The van der Waals surface area contributed by atoms with Crippen molar-refractivity contribution in [2.45, 2.75) is 26.3 Å². The zero-order valence-corrected chi connectivity index (χ0v) is 8.63. The first kappa shape index (κ1) is 10.7. The van der Waals surface area contributed by atoms with Crippen molar-refractivity contribution in [3.8, 4) is 0 Å². The van der Waals surface area contributed by atoms with Crippen LogP contribution in [0.1, 0.15) is 17.0 Å². The zero-order valence-electron chi connectivity index (χ0n) is 8.63. The first-order chi connectivity index (χ1) is 6.56. The van der Waals surface area contributed by atoms with E-state index in [1.807, 2.05) is 13.8 Å². The molecule has 0 fully saturated rings. The third-order valence-corrected chi connectivity index (χ3v) is 2.21. The molecule has 14 heavy (non-hydrogen) atoms. The highest BCUT2D eigenvalue weighted by atomic mass is 16.5. The molecule has 1 atom stereocenters. The molecule has 1 aromatic rings. The Morgan fingerprint density at radius 2 is 2.29 bits per heavy atom. The van der Waals surface area contributed by atoms with Gasteiger partial charge in [0.05, 0.1) is 12.8 Å². The number of nitrogens with zero attached hydrogens (tertiary/aromatic N) is 1. The molecular weight excluding hydrogens is 182 g/mol. The summed E-state index contributed by atoms with van der Waals surface area (Å²) in [6.45, 7) is 3.78. The molecule has 1 rings (SSSR count). The van der Waals surface area contributed by atoms with Crippen LogP contribution in [0, 0.1) is 13.8 Å². The molecule has 0 spiro atoms. The molecule has 0 saturated carbocycles. The molecule has 0 saturated heterocycles. The maximum atomic E-state index is 11.1. The molecule has 0 aliphatic heterocycles. The molecule has 78 valence electrons. The topological polar surface area (TPSA) is 81.0 Å². The van der Waals surface area contributed by atoms with E-state index >= 15 is 0 Å². The van der Waals surface area contributed by atoms with Crippen LogP contribution < -0.4 is 5.73 Å². The number of H-pyrrole nitrogens is 1. The Labute approximate surface area is 82.6 Å². The highest BCUT2D eigenvalue weighted by Crippen LogP contribution is 2.11. The van der Waals surface area contributed by atoms with Crippen molar-refractivity contribution in [3.63, 3.8) is 0 Å². The number of rotatable bonds is 3. The average Bonchev–Trinajstić information content (AvgIpc) is 2.48. The predicted molar refractivity (Wildman–Crippen MR) is 51.8 cm³/mol. The number of nitrogens with two attached hydrogens (primary N) is 1. The number of aromatic nitrogens is 2. The van der Waals surface area contributed by atoms with E-state index < -0.39 is 12.0 Å². The van der Waals surface area contributed by atoms with E-state index in [1.165, 1.54) is 7.11 Å². The summed E-state index contributed by atoms with van der Waals surface area (Å²) in [5, 5.41) is 6.86. The van der Waals surface area contributed by atoms with Gasteiger partial charge in [-0.2, -0.15) is 5.10 Å². The normalized spacial score (nSPS) is 12.6. The number of aromatic amines is 1. The molecule has 0 aliphatic rings. The fourth-order valence-corrected chi connectivity index (χ4v) is 1.33. The van der Waals surface area contributed by atoms with Crippen LogP contribution in [-0.4, -0.2) is 29.3 Å². The Balaban J connectivity index is 2.73. The number of esters is 1. The molecule has 3 N–H and O–H groups in total. The lowest BCUT2D eigenvalue weighted by atomic mass is 10.1. The molecule has 5 nitrogen and oxygen atoms in total. The SMILES string of the molecule is COC(=O)[C@H](N)Cc1c(C)n[nH]c1C. The van der Waals surface area contributed by atoms with Gasteiger partial charge in [-0.15, -0.1) is 0 Å². The van der Waals surface area contributed by atoms with E-state index in [4.69, 9.17) is 5.73 Å². The number of hydrogen-bond acceptors (Lipinski definition) is 4. The van der Waals surface area contributed by atoms with E-state index in [1.54, 1.807) is 0 Å². The molecular formula is C9H15N3O2. The third kappa shape index (κ3) is 2.11. The lowest BCUT2D eigenvalue weighted by Crippen LogP contribution is -2.33. The Morgan fingerprint density at radius 3 is 2.71 bits per heavy atom. The maximum absolute atomic E-state index is 11.1. The smallest absolute Gasteiger partial charge is 0.322 e. The Kier molecular flexibility index (Phi) is 3.24. The Bertz CT molecular complexity index is 313. The summed E-state index contributed by atoms with van der Waals surface area (Å²) < 4.78 is 4.55. The first-order valence-electron chi connectivity index (χ1n) is 4.40. The minimum absolute atomic E-state index is 0.398. The molecule has 0 radical (unpaired) electrons. The van der Waals surface area contributed by atoms with Gasteiger partial charge in [-0.3, -0.25) is 9.89 Å². The summed E-state index contributed by atoms with van der Waals surface area (Å²) >= 11 is 0. The number of hydrogen-bond donors (Lipinski definition) is 2. The summed E-state index contributed by atoms with van der Waals surface area (Å²) in [4.78, 5) is 11.1. The zero-order chi connectivity index (χ0) is 10.7. The van der Waals surface area contributed by atoms with Crippen LogP contribution in [0.3, 0.4) is 0 Å². The minimum atomic E-state index is -0.616. The lowest BCUT2D eigenvalue weighted by molar-refractivity contribution is -0.142. The van der Waals surface area contributed by atoms with Crippen molar-refractivity contribution >= 4 is 5.97 Å². The lowest BCUT2D eigenvalue weighted by Gasteiger charge is -2.08. The highest BCUT2D eigenvalue weighted by molar-refractivity contribution is 5.75. The summed E-state index contributed by atoms with van der Waals surface area (Å²) in [7, 11) is 1.33. The van der Waals surface area contributed by atoms with E-state index in [0.29, 0.717) is 6.42 Å². The summed E-state index contributed by atoms with van der Waals surface area (Å²) in [5.74, 6) is -0.398. The van der Waals surface area contributed by atoms with Gasteiger partial charge < -0.3 is 10.5 Å². The van der Waals surface area contributed by atoms with Gasteiger partial charge in [0.2, 0.25) is 0 Å². The standard InChI is InChI=1S/C9H15N3O2/c1-5-7(6(2)12-11-5)4-8(10)9(13)14-3/h8H,4,10H2,1-3H3,(H,11,12)/t8-/m1/s1. The van der Waals surface area contributed by atoms with Gasteiger partial charge in [-0.05, 0) is 19.4 Å². The monoisotopic (exact) mass is 197 g/mol. The minimum Gasteiger partial charge on any atom is -0.468 e. The number of nitrogens with one attached hydrogen (secondary N) is 1. The molecule has 1 aromatic heterocycles. The molecule has 1 heterocycles. The van der Waals surface area contributed by atoms with Gasteiger partial charge >= 0.3 is 5.97 Å². The Morgan fingerprint density at radius 1 is 1.64 bits per heavy atom. The fourth-order valence-electron chi connectivity index (χ4n) is 1.33. The summed E-state index contributed by atoms with van der Waals surface area (Å²) in [6.07, 6.45) is 0.459. The van der Waals surface area contributed by atoms with Gasteiger partial charge in [-0.1, -0.05) is 0 Å². The van der Waals surface area contributed by atoms with Crippen molar-refractivity contribution < 1.29 is 9.53 Å². The van der Waals surface area contributed by atoms with Crippen LogP contribution in [0.4, 0.5) is 0 Å². The van der Waals surface area contributed by atoms with Crippen molar-refractivity contribution in [2.75, 3.05) is 7.11 Å². The van der Waals surface area contributed by atoms with Crippen LogP contribution in [0.5, 0.6) is 0 Å². The highest BCUT2D eigenvalue weighted by Gasteiger charge is 2.17.